The fourth-order valence-corrected chi connectivity index (χ4v) is 3.06. The molecule has 2 heterocycles. The molecule has 1 aliphatic heterocycles. The van der Waals surface area contributed by atoms with Gasteiger partial charge in [-0.25, -0.2) is 4.98 Å². The SMILES string of the molecule is Cc1cccc2nc(N)n(C3CCCN(C)C3)c12. The fraction of sp³-hybridized carbons (Fsp3) is 0.500. The summed E-state index contributed by atoms with van der Waals surface area (Å²) >= 11 is 0. The molecule has 0 aliphatic carbocycles. The van der Waals surface area contributed by atoms with Crippen LogP contribution in [-0.2, 0) is 0 Å². The van der Waals surface area contributed by atoms with Crippen LogP contribution in [0.5, 0.6) is 0 Å². The van der Waals surface area contributed by atoms with Gasteiger partial charge in [0.2, 0.25) is 5.95 Å². The molecule has 0 radical (unpaired) electrons. The second kappa shape index (κ2) is 4.28. The third-order valence-corrected chi connectivity index (χ3v) is 3.90. The number of nitrogen functional groups attached to an aromatic ring is 1. The predicted molar refractivity (Wildman–Crippen MR) is 74.7 cm³/mol. The number of aromatic nitrogens is 2. The third kappa shape index (κ3) is 1.77. The number of hydrogen-bond acceptors (Lipinski definition) is 3. The minimum Gasteiger partial charge on any atom is -0.369 e. The number of fused-ring (bicyclic) bond motifs is 1. The highest BCUT2D eigenvalue weighted by Crippen LogP contribution is 2.30. The number of piperidine rings is 1. The molecule has 1 aliphatic rings. The van der Waals surface area contributed by atoms with E-state index in [4.69, 9.17) is 5.73 Å². The Morgan fingerprint density at radius 2 is 2.22 bits per heavy atom. The number of nitrogens with two attached hydrogens (primary N) is 1. The number of likely N-dealkylation sites (N-methyl/N-ethyl adjacent to an activating group) is 1. The normalized spacial score (nSPS) is 21.6. The standard InChI is InChI=1S/C14H20N4/c1-10-5-3-7-12-13(10)18(14(15)16-12)11-6-4-8-17(2)9-11/h3,5,7,11H,4,6,8-9H2,1-2H3,(H2,15,16). The first kappa shape index (κ1) is 11.5. The molecule has 4 nitrogen and oxygen atoms in total. The van der Waals surface area contributed by atoms with Crippen molar-refractivity contribution in [3.8, 4) is 0 Å². The van der Waals surface area contributed by atoms with Gasteiger partial charge in [0.05, 0.1) is 11.0 Å². The number of likely N-dealkylation sites (tertiary alicyclic amines) is 1. The van der Waals surface area contributed by atoms with E-state index in [1.807, 2.05) is 12.1 Å². The fourth-order valence-electron chi connectivity index (χ4n) is 3.06. The van der Waals surface area contributed by atoms with Gasteiger partial charge < -0.3 is 15.2 Å². The summed E-state index contributed by atoms with van der Waals surface area (Å²) in [4.78, 5) is 6.87. The number of rotatable bonds is 1. The summed E-state index contributed by atoms with van der Waals surface area (Å²) < 4.78 is 2.24. The van der Waals surface area contributed by atoms with Crippen molar-refractivity contribution in [2.45, 2.75) is 25.8 Å². The smallest absolute Gasteiger partial charge is 0.201 e. The van der Waals surface area contributed by atoms with E-state index < -0.39 is 0 Å². The Kier molecular flexibility index (Phi) is 2.74. The molecule has 1 aromatic heterocycles. The Hall–Kier alpha value is -1.55. The van der Waals surface area contributed by atoms with Crippen LogP contribution >= 0.6 is 0 Å². The summed E-state index contributed by atoms with van der Waals surface area (Å²) in [5.41, 5.74) is 9.60. The van der Waals surface area contributed by atoms with E-state index >= 15 is 0 Å². The first-order valence-corrected chi connectivity index (χ1v) is 6.58. The summed E-state index contributed by atoms with van der Waals surface area (Å²) in [6.07, 6.45) is 2.42. The zero-order chi connectivity index (χ0) is 12.7. The molecule has 1 aromatic carbocycles. The maximum absolute atomic E-state index is 6.13. The topological polar surface area (TPSA) is 47.1 Å². The van der Waals surface area contributed by atoms with Crippen LogP contribution in [0.4, 0.5) is 5.95 Å². The third-order valence-electron chi connectivity index (χ3n) is 3.90. The molecule has 18 heavy (non-hydrogen) atoms. The number of imidazole rings is 1. The van der Waals surface area contributed by atoms with E-state index in [0.717, 1.165) is 12.1 Å². The first-order valence-electron chi connectivity index (χ1n) is 6.58. The average Bonchev–Trinajstić information content (AvgIpc) is 2.67. The number of para-hydroxylation sites is 1. The van der Waals surface area contributed by atoms with Crippen LogP contribution in [0.15, 0.2) is 18.2 Å². The highest BCUT2D eigenvalue weighted by molar-refractivity contribution is 5.81. The van der Waals surface area contributed by atoms with E-state index in [0.29, 0.717) is 12.0 Å². The molecule has 1 unspecified atom stereocenters. The minimum atomic E-state index is 0.454. The molecule has 2 aromatic rings. The minimum absolute atomic E-state index is 0.454. The molecule has 0 saturated carbocycles. The number of benzene rings is 1. The van der Waals surface area contributed by atoms with E-state index in [2.05, 4.69) is 34.5 Å². The second-order valence-electron chi connectivity index (χ2n) is 5.34. The maximum atomic E-state index is 6.13. The van der Waals surface area contributed by atoms with E-state index in [9.17, 15) is 0 Å². The van der Waals surface area contributed by atoms with Crippen molar-refractivity contribution in [2.24, 2.45) is 0 Å². The molecule has 0 spiro atoms. The zero-order valence-corrected chi connectivity index (χ0v) is 11.1. The van der Waals surface area contributed by atoms with Gasteiger partial charge in [0.15, 0.2) is 0 Å². The van der Waals surface area contributed by atoms with E-state index in [1.165, 1.54) is 30.5 Å². The molecule has 0 bridgehead atoms. The van der Waals surface area contributed by atoms with Gasteiger partial charge in [0.1, 0.15) is 0 Å². The molecule has 0 amide bonds. The van der Waals surface area contributed by atoms with Crippen LogP contribution in [0, 0.1) is 6.92 Å². The van der Waals surface area contributed by atoms with Crippen LogP contribution in [0.1, 0.15) is 24.4 Å². The molecular formula is C14H20N4. The summed E-state index contributed by atoms with van der Waals surface area (Å²) in [6, 6.07) is 6.67. The van der Waals surface area contributed by atoms with Crippen LogP contribution in [0.2, 0.25) is 0 Å². The molecule has 1 atom stereocenters. The van der Waals surface area contributed by atoms with Crippen LogP contribution in [-0.4, -0.2) is 34.6 Å². The zero-order valence-electron chi connectivity index (χ0n) is 11.1. The Bertz CT molecular complexity index is 572. The second-order valence-corrected chi connectivity index (χ2v) is 5.34. The predicted octanol–water partition coefficient (Wildman–Crippen LogP) is 2.19. The van der Waals surface area contributed by atoms with E-state index in [1.54, 1.807) is 0 Å². The van der Waals surface area contributed by atoms with Gasteiger partial charge in [-0.05, 0) is 45.0 Å². The first-order chi connectivity index (χ1) is 8.66. The number of hydrogen-bond donors (Lipinski definition) is 1. The average molecular weight is 244 g/mol. The monoisotopic (exact) mass is 244 g/mol. The Morgan fingerprint density at radius 3 is 3.00 bits per heavy atom. The molecule has 1 fully saturated rings. The van der Waals surface area contributed by atoms with Gasteiger partial charge in [0.25, 0.3) is 0 Å². The van der Waals surface area contributed by atoms with Crippen molar-refractivity contribution in [2.75, 3.05) is 25.9 Å². The molecule has 3 rings (SSSR count). The molecule has 4 heteroatoms. The van der Waals surface area contributed by atoms with Gasteiger partial charge >= 0.3 is 0 Å². The Balaban J connectivity index is 2.13. The van der Waals surface area contributed by atoms with Crippen LogP contribution < -0.4 is 5.73 Å². The summed E-state index contributed by atoms with van der Waals surface area (Å²) in [5.74, 6) is 0.652. The van der Waals surface area contributed by atoms with Gasteiger partial charge in [-0.3, -0.25) is 0 Å². The van der Waals surface area contributed by atoms with Crippen molar-refractivity contribution in [1.82, 2.24) is 14.5 Å². The lowest BCUT2D eigenvalue weighted by Crippen LogP contribution is -2.34. The highest BCUT2D eigenvalue weighted by Gasteiger charge is 2.23. The van der Waals surface area contributed by atoms with Gasteiger partial charge in [-0.2, -0.15) is 0 Å². The number of nitrogens with zero attached hydrogens (tertiary/aromatic N) is 3. The summed E-state index contributed by atoms with van der Waals surface area (Å²) in [5, 5.41) is 0. The lowest BCUT2D eigenvalue weighted by molar-refractivity contribution is 0.216. The molecular weight excluding hydrogens is 224 g/mol. The molecule has 1 saturated heterocycles. The maximum Gasteiger partial charge on any atom is 0.201 e. The van der Waals surface area contributed by atoms with Crippen LogP contribution in [0.3, 0.4) is 0 Å². The quantitative estimate of drug-likeness (QED) is 0.836. The van der Waals surface area contributed by atoms with Crippen LogP contribution in [0.25, 0.3) is 11.0 Å². The lowest BCUT2D eigenvalue weighted by atomic mass is 10.1. The summed E-state index contributed by atoms with van der Waals surface area (Å²) in [6.45, 7) is 4.37. The summed E-state index contributed by atoms with van der Waals surface area (Å²) in [7, 11) is 2.17. The largest absolute Gasteiger partial charge is 0.369 e. The van der Waals surface area contributed by atoms with Crippen molar-refractivity contribution in [3.63, 3.8) is 0 Å². The highest BCUT2D eigenvalue weighted by atomic mass is 15.2. The van der Waals surface area contributed by atoms with Crippen molar-refractivity contribution in [1.29, 1.82) is 0 Å². The van der Waals surface area contributed by atoms with Gasteiger partial charge in [-0.15, -0.1) is 0 Å². The van der Waals surface area contributed by atoms with Gasteiger partial charge in [0, 0.05) is 12.6 Å². The Labute approximate surface area is 107 Å². The Morgan fingerprint density at radius 1 is 1.39 bits per heavy atom. The lowest BCUT2D eigenvalue weighted by Gasteiger charge is -2.31. The molecule has 2 N–H and O–H groups in total. The van der Waals surface area contributed by atoms with Gasteiger partial charge in [-0.1, -0.05) is 12.1 Å². The van der Waals surface area contributed by atoms with Crippen molar-refractivity contribution in [3.05, 3.63) is 23.8 Å². The number of anilines is 1. The molecule has 96 valence electrons. The number of aryl methyl sites for hydroxylation is 1. The van der Waals surface area contributed by atoms with E-state index in [-0.39, 0.29) is 0 Å². The van der Waals surface area contributed by atoms with Crippen molar-refractivity contribution < 1.29 is 0 Å². The van der Waals surface area contributed by atoms with Crippen molar-refractivity contribution >= 4 is 17.0 Å².